The second-order valence-corrected chi connectivity index (χ2v) is 4.30. The molecule has 1 heterocycles. The summed E-state index contributed by atoms with van der Waals surface area (Å²) >= 11 is 0. The third-order valence-corrected chi connectivity index (χ3v) is 3.19. The van der Waals surface area contributed by atoms with Crippen LogP contribution in [0.3, 0.4) is 0 Å². The molecular weight excluding hydrogens is 243 g/mol. The number of nitrogens with zero attached hydrogens (tertiary/aromatic N) is 2. The first-order valence-corrected chi connectivity index (χ1v) is 6.15. The van der Waals surface area contributed by atoms with Crippen LogP contribution in [-0.2, 0) is 6.54 Å². The molecule has 0 atom stereocenters. The monoisotopic (exact) mass is 256 g/mol. The number of hydrogen-bond donors (Lipinski definition) is 1. The topological polar surface area (TPSA) is 38.0 Å². The summed E-state index contributed by atoms with van der Waals surface area (Å²) in [4.78, 5) is 4.34. The molecule has 19 heavy (non-hydrogen) atoms. The number of phenols is 1. The van der Waals surface area contributed by atoms with Crippen LogP contribution in [0, 0.1) is 5.82 Å². The van der Waals surface area contributed by atoms with Gasteiger partial charge in [0, 0.05) is 6.54 Å². The number of rotatable bonds is 2. The van der Waals surface area contributed by atoms with Gasteiger partial charge in [0.05, 0.1) is 11.1 Å². The lowest BCUT2D eigenvalue weighted by atomic mass is 10.2. The third-order valence-electron chi connectivity index (χ3n) is 3.19. The normalized spacial score (nSPS) is 11.1. The Labute approximate surface area is 109 Å². The average Bonchev–Trinajstić information content (AvgIpc) is 2.79. The van der Waals surface area contributed by atoms with Crippen LogP contribution in [0.1, 0.15) is 6.92 Å². The first-order valence-electron chi connectivity index (χ1n) is 6.15. The number of para-hydroxylation sites is 2. The number of fused-ring (bicyclic) bond motifs is 1. The molecule has 3 rings (SSSR count). The van der Waals surface area contributed by atoms with E-state index in [1.165, 1.54) is 6.07 Å². The van der Waals surface area contributed by atoms with Gasteiger partial charge in [0.1, 0.15) is 17.1 Å². The van der Waals surface area contributed by atoms with Crippen LogP contribution in [-0.4, -0.2) is 14.7 Å². The summed E-state index contributed by atoms with van der Waals surface area (Å²) in [5.41, 5.74) is 1.68. The standard InChI is InChI=1S/C15H13FN2O/c1-2-18-12-8-5-7-11(16)14(12)17-15(18)10-6-3-4-9-13(10)19/h3-9,19H,2H2,1H3. The summed E-state index contributed by atoms with van der Waals surface area (Å²) < 4.78 is 15.7. The van der Waals surface area contributed by atoms with E-state index in [-0.39, 0.29) is 11.6 Å². The molecule has 0 aliphatic carbocycles. The van der Waals surface area contributed by atoms with Gasteiger partial charge in [-0.2, -0.15) is 0 Å². The fourth-order valence-electron chi connectivity index (χ4n) is 2.30. The first kappa shape index (κ1) is 11.7. The van der Waals surface area contributed by atoms with Gasteiger partial charge in [-0.05, 0) is 31.2 Å². The second-order valence-electron chi connectivity index (χ2n) is 4.30. The molecule has 2 aromatic carbocycles. The molecule has 1 aromatic heterocycles. The number of halogens is 1. The number of benzene rings is 2. The number of imidazole rings is 1. The lowest BCUT2D eigenvalue weighted by Crippen LogP contribution is -1.97. The Morgan fingerprint density at radius 3 is 2.68 bits per heavy atom. The molecule has 0 spiro atoms. The molecule has 0 amide bonds. The molecule has 96 valence electrons. The van der Waals surface area contributed by atoms with Crippen molar-refractivity contribution in [3.05, 3.63) is 48.3 Å². The fraction of sp³-hybridized carbons (Fsp3) is 0.133. The highest BCUT2D eigenvalue weighted by molar-refractivity contribution is 5.82. The Balaban J connectivity index is 2.36. The van der Waals surface area contributed by atoms with Gasteiger partial charge >= 0.3 is 0 Å². The molecule has 4 heteroatoms. The maximum atomic E-state index is 13.8. The van der Waals surface area contributed by atoms with Crippen LogP contribution in [0.5, 0.6) is 5.75 Å². The van der Waals surface area contributed by atoms with Crippen molar-refractivity contribution in [3.8, 4) is 17.1 Å². The van der Waals surface area contributed by atoms with Crippen LogP contribution >= 0.6 is 0 Å². The lowest BCUT2D eigenvalue weighted by molar-refractivity contribution is 0.476. The molecule has 0 bridgehead atoms. The van der Waals surface area contributed by atoms with E-state index in [0.717, 1.165) is 5.52 Å². The van der Waals surface area contributed by atoms with Crippen molar-refractivity contribution in [2.45, 2.75) is 13.5 Å². The number of aromatic nitrogens is 2. The quantitative estimate of drug-likeness (QED) is 0.761. The van der Waals surface area contributed by atoms with Crippen molar-refractivity contribution in [3.63, 3.8) is 0 Å². The van der Waals surface area contributed by atoms with Gasteiger partial charge in [-0.15, -0.1) is 0 Å². The molecular formula is C15H13FN2O. The zero-order chi connectivity index (χ0) is 13.4. The molecule has 0 aliphatic rings. The van der Waals surface area contributed by atoms with Crippen LogP contribution in [0.15, 0.2) is 42.5 Å². The van der Waals surface area contributed by atoms with E-state index >= 15 is 0 Å². The predicted octanol–water partition coefficient (Wildman–Crippen LogP) is 3.57. The van der Waals surface area contributed by atoms with E-state index in [9.17, 15) is 9.50 Å². The van der Waals surface area contributed by atoms with Crippen LogP contribution in [0.4, 0.5) is 4.39 Å². The van der Waals surface area contributed by atoms with Gasteiger partial charge in [-0.1, -0.05) is 18.2 Å². The number of aryl methyl sites for hydroxylation is 1. The first-order chi connectivity index (χ1) is 9.22. The van der Waals surface area contributed by atoms with Crippen LogP contribution in [0.2, 0.25) is 0 Å². The maximum Gasteiger partial charge on any atom is 0.151 e. The fourth-order valence-corrected chi connectivity index (χ4v) is 2.30. The molecule has 0 aliphatic heterocycles. The molecule has 0 radical (unpaired) electrons. The molecule has 1 N–H and O–H groups in total. The van der Waals surface area contributed by atoms with Crippen molar-refractivity contribution in [1.29, 1.82) is 0 Å². The van der Waals surface area contributed by atoms with Gasteiger partial charge in [0.25, 0.3) is 0 Å². The van der Waals surface area contributed by atoms with E-state index in [1.54, 1.807) is 24.3 Å². The highest BCUT2D eigenvalue weighted by Gasteiger charge is 2.16. The summed E-state index contributed by atoms with van der Waals surface area (Å²) in [6, 6.07) is 11.8. The van der Waals surface area contributed by atoms with Gasteiger partial charge in [0.2, 0.25) is 0 Å². The summed E-state index contributed by atoms with van der Waals surface area (Å²) in [6.45, 7) is 2.62. The summed E-state index contributed by atoms with van der Waals surface area (Å²) in [7, 11) is 0. The van der Waals surface area contributed by atoms with Gasteiger partial charge in [-0.3, -0.25) is 0 Å². The van der Waals surface area contributed by atoms with Crippen molar-refractivity contribution >= 4 is 11.0 Å². The summed E-state index contributed by atoms with van der Waals surface area (Å²) in [6.07, 6.45) is 0. The molecule has 0 saturated heterocycles. The van der Waals surface area contributed by atoms with E-state index < -0.39 is 0 Å². The number of hydrogen-bond acceptors (Lipinski definition) is 2. The van der Waals surface area contributed by atoms with Gasteiger partial charge < -0.3 is 9.67 Å². The molecule has 3 nitrogen and oxygen atoms in total. The van der Waals surface area contributed by atoms with Gasteiger partial charge in [0.15, 0.2) is 5.82 Å². The summed E-state index contributed by atoms with van der Waals surface area (Å²) in [5, 5.41) is 9.93. The van der Waals surface area contributed by atoms with Crippen molar-refractivity contribution in [1.82, 2.24) is 9.55 Å². The van der Waals surface area contributed by atoms with E-state index in [4.69, 9.17) is 0 Å². The smallest absolute Gasteiger partial charge is 0.151 e. The molecule has 3 aromatic rings. The Kier molecular flexibility index (Phi) is 2.71. The van der Waals surface area contributed by atoms with E-state index in [0.29, 0.717) is 23.4 Å². The zero-order valence-electron chi connectivity index (χ0n) is 10.5. The lowest BCUT2D eigenvalue weighted by Gasteiger charge is -2.07. The highest BCUT2D eigenvalue weighted by Crippen LogP contribution is 2.31. The highest BCUT2D eigenvalue weighted by atomic mass is 19.1. The van der Waals surface area contributed by atoms with Crippen LogP contribution < -0.4 is 0 Å². The molecule has 0 unspecified atom stereocenters. The Morgan fingerprint density at radius 1 is 1.16 bits per heavy atom. The van der Waals surface area contributed by atoms with E-state index in [1.807, 2.05) is 23.6 Å². The Morgan fingerprint density at radius 2 is 1.95 bits per heavy atom. The van der Waals surface area contributed by atoms with Crippen molar-refractivity contribution in [2.75, 3.05) is 0 Å². The second kappa shape index (κ2) is 4.39. The predicted molar refractivity (Wildman–Crippen MR) is 72.5 cm³/mol. The van der Waals surface area contributed by atoms with Crippen molar-refractivity contribution in [2.24, 2.45) is 0 Å². The minimum atomic E-state index is -0.346. The van der Waals surface area contributed by atoms with Crippen LogP contribution in [0.25, 0.3) is 22.4 Å². The minimum absolute atomic E-state index is 0.146. The summed E-state index contributed by atoms with van der Waals surface area (Å²) in [5.74, 6) is 0.384. The minimum Gasteiger partial charge on any atom is -0.507 e. The maximum absolute atomic E-state index is 13.8. The Hall–Kier alpha value is -2.36. The SMILES string of the molecule is CCn1c(-c2ccccc2O)nc2c(F)cccc21. The number of phenolic OH excluding ortho intramolecular Hbond substituents is 1. The zero-order valence-corrected chi connectivity index (χ0v) is 10.5. The van der Waals surface area contributed by atoms with E-state index in [2.05, 4.69) is 4.98 Å². The van der Waals surface area contributed by atoms with Gasteiger partial charge in [-0.25, -0.2) is 9.37 Å². The molecule has 0 fully saturated rings. The average molecular weight is 256 g/mol. The largest absolute Gasteiger partial charge is 0.507 e. The third kappa shape index (κ3) is 1.76. The Bertz CT molecular complexity index is 749. The molecule has 0 saturated carbocycles. The number of aromatic hydroxyl groups is 1. The van der Waals surface area contributed by atoms with Crippen molar-refractivity contribution < 1.29 is 9.50 Å².